The first-order valence-electron chi connectivity index (χ1n) is 6.86. The van der Waals surface area contributed by atoms with Crippen molar-refractivity contribution < 1.29 is 8.78 Å². The number of hydrogen-bond acceptors (Lipinski definition) is 5. The lowest BCUT2D eigenvalue weighted by Crippen LogP contribution is -1.96. The second kappa shape index (κ2) is 6.98. The summed E-state index contributed by atoms with van der Waals surface area (Å²) in [4.78, 5) is 4.36. The Kier molecular flexibility index (Phi) is 4.59. The molecule has 0 unspecified atom stereocenters. The van der Waals surface area contributed by atoms with Gasteiger partial charge in [-0.1, -0.05) is 30.3 Å². The monoisotopic (exact) mass is 340 g/mol. The molecule has 0 bridgehead atoms. The van der Waals surface area contributed by atoms with Crippen LogP contribution in [0.4, 0.5) is 13.9 Å². The number of halogens is 2. The van der Waals surface area contributed by atoms with Crippen molar-refractivity contribution in [1.29, 1.82) is 5.26 Å². The topological polar surface area (TPSA) is 61.1 Å². The molecule has 3 aromatic rings. The van der Waals surface area contributed by atoms with Crippen molar-refractivity contribution >= 4 is 22.7 Å². The summed E-state index contributed by atoms with van der Waals surface area (Å²) < 4.78 is 27.2. The molecular formula is C17H10F2N4S. The fourth-order valence-electron chi connectivity index (χ4n) is 1.97. The average molecular weight is 340 g/mol. The van der Waals surface area contributed by atoms with Crippen LogP contribution in [0.5, 0.6) is 0 Å². The molecule has 0 spiro atoms. The Morgan fingerprint density at radius 2 is 1.96 bits per heavy atom. The summed E-state index contributed by atoms with van der Waals surface area (Å²) in [7, 11) is 0. The van der Waals surface area contributed by atoms with Crippen LogP contribution >= 0.6 is 11.3 Å². The van der Waals surface area contributed by atoms with Crippen LogP contribution in [0.3, 0.4) is 0 Å². The lowest BCUT2D eigenvalue weighted by molar-refractivity contribution is 0.595. The third-order valence-electron chi connectivity index (χ3n) is 3.14. The Morgan fingerprint density at radius 1 is 1.17 bits per heavy atom. The maximum atomic E-state index is 13.7. The van der Waals surface area contributed by atoms with E-state index in [1.165, 1.54) is 11.3 Å². The second-order valence-corrected chi connectivity index (χ2v) is 5.60. The van der Waals surface area contributed by atoms with Crippen LogP contribution in [0.1, 0.15) is 11.1 Å². The number of hydrogen-bond donors (Lipinski definition) is 1. The van der Waals surface area contributed by atoms with Gasteiger partial charge in [-0.3, -0.25) is 5.43 Å². The van der Waals surface area contributed by atoms with Gasteiger partial charge in [0.1, 0.15) is 17.7 Å². The number of benzene rings is 2. The van der Waals surface area contributed by atoms with Crippen LogP contribution in [-0.2, 0) is 0 Å². The summed E-state index contributed by atoms with van der Waals surface area (Å²) in [6, 6.07) is 13.0. The van der Waals surface area contributed by atoms with Gasteiger partial charge in [0.15, 0.2) is 0 Å². The van der Waals surface area contributed by atoms with Crippen molar-refractivity contribution in [3.63, 3.8) is 0 Å². The van der Waals surface area contributed by atoms with E-state index in [1.54, 1.807) is 6.07 Å². The summed E-state index contributed by atoms with van der Waals surface area (Å²) in [5, 5.41) is 14.9. The number of nitrogens with one attached hydrogen (secondary N) is 1. The highest BCUT2D eigenvalue weighted by molar-refractivity contribution is 7.14. The Labute approximate surface area is 140 Å². The molecule has 1 heterocycles. The molecule has 2 aromatic carbocycles. The summed E-state index contributed by atoms with van der Waals surface area (Å²) in [6.45, 7) is 0. The van der Waals surface area contributed by atoms with E-state index in [2.05, 4.69) is 15.5 Å². The summed E-state index contributed by atoms with van der Waals surface area (Å²) in [5.41, 5.74) is 4.06. The number of nitrogens with zero attached hydrogens (tertiary/aromatic N) is 3. The normalized spacial score (nSPS) is 10.7. The zero-order valence-electron chi connectivity index (χ0n) is 12.2. The van der Waals surface area contributed by atoms with Gasteiger partial charge >= 0.3 is 0 Å². The predicted octanol–water partition coefficient (Wildman–Crippen LogP) is 4.41. The van der Waals surface area contributed by atoms with E-state index in [0.29, 0.717) is 5.13 Å². The molecule has 0 fully saturated rings. The van der Waals surface area contributed by atoms with Crippen LogP contribution < -0.4 is 5.43 Å². The summed E-state index contributed by atoms with van der Waals surface area (Å²) in [5.74, 6) is -1.51. The van der Waals surface area contributed by atoms with Crippen LogP contribution in [-0.4, -0.2) is 11.2 Å². The van der Waals surface area contributed by atoms with Crippen molar-refractivity contribution in [1.82, 2.24) is 4.98 Å². The van der Waals surface area contributed by atoms with Gasteiger partial charge in [-0.05, 0) is 12.1 Å². The van der Waals surface area contributed by atoms with Gasteiger partial charge in [-0.25, -0.2) is 13.8 Å². The largest absolute Gasteiger partial charge is 0.253 e. The van der Waals surface area contributed by atoms with Gasteiger partial charge in [0.2, 0.25) is 5.13 Å². The molecule has 0 aliphatic heterocycles. The fourth-order valence-corrected chi connectivity index (χ4v) is 2.64. The standard InChI is InChI=1S/C17H10F2N4S/c18-14-7-13(15(19)6-12(14)8-20)9-21-23-17-22-16(10-24-17)11-4-2-1-3-5-11/h1-7,9-10H,(H,22,23). The minimum absolute atomic E-state index is 0.0566. The second-order valence-electron chi connectivity index (χ2n) is 4.74. The number of hydrazone groups is 1. The highest BCUT2D eigenvalue weighted by atomic mass is 32.1. The molecule has 0 aliphatic carbocycles. The Hall–Kier alpha value is -3.11. The molecule has 0 radical (unpaired) electrons. The third-order valence-corrected chi connectivity index (χ3v) is 3.89. The van der Waals surface area contributed by atoms with Crippen molar-refractivity contribution in [2.75, 3.05) is 5.43 Å². The molecule has 7 heteroatoms. The molecule has 1 aromatic heterocycles. The van der Waals surface area contributed by atoms with E-state index in [4.69, 9.17) is 5.26 Å². The number of aromatic nitrogens is 1. The summed E-state index contributed by atoms with van der Waals surface area (Å²) >= 11 is 1.35. The van der Waals surface area contributed by atoms with Gasteiger partial charge in [0, 0.05) is 16.5 Å². The van der Waals surface area contributed by atoms with Crippen LogP contribution in [0.25, 0.3) is 11.3 Å². The first-order valence-corrected chi connectivity index (χ1v) is 7.74. The minimum Gasteiger partial charge on any atom is -0.253 e. The lowest BCUT2D eigenvalue weighted by Gasteiger charge is -1.99. The van der Waals surface area contributed by atoms with E-state index < -0.39 is 11.6 Å². The number of anilines is 1. The van der Waals surface area contributed by atoms with Gasteiger partial charge in [0.25, 0.3) is 0 Å². The Morgan fingerprint density at radius 3 is 2.71 bits per heavy atom. The smallest absolute Gasteiger partial charge is 0.203 e. The van der Waals surface area contributed by atoms with E-state index in [9.17, 15) is 8.78 Å². The van der Waals surface area contributed by atoms with E-state index in [-0.39, 0.29) is 11.1 Å². The van der Waals surface area contributed by atoms with E-state index in [1.807, 2.05) is 35.7 Å². The minimum atomic E-state index is -0.791. The molecule has 24 heavy (non-hydrogen) atoms. The first-order chi connectivity index (χ1) is 11.7. The predicted molar refractivity (Wildman–Crippen MR) is 89.8 cm³/mol. The highest BCUT2D eigenvalue weighted by Crippen LogP contribution is 2.24. The fraction of sp³-hybridized carbons (Fsp3) is 0. The number of nitriles is 1. The number of thiazole rings is 1. The van der Waals surface area contributed by atoms with E-state index in [0.717, 1.165) is 29.6 Å². The highest BCUT2D eigenvalue weighted by Gasteiger charge is 2.08. The van der Waals surface area contributed by atoms with Gasteiger partial charge in [-0.2, -0.15) is 10.4 Å². The average Bonchev–Trinajstić information content (AvgIpc) is 3.07. The van der Waals surface area contributed by atoms with Crippen molar-refractivity contribution in [2.24, 2.45) is 5.10 Å². The molecule has 0 aliphatic rings. The molecule has 0 saturated carbocycles. The van der Waals surface area contributed by atoms with Gasteiger partial charge in [0.05, 0.1) is 17.5 Å². The molecule has 4 nitrogen and oxygen atoms in total. The molecule has 3 rings (SSSR count). The maximum absolute atomic E-state index is 13.7. The summed E-state index contributed by atoms with van der Waals surface area (Å²) in [6.07, 6.45) is 1.14. The molecule has 0 saturated heterocycles. The van der Waals surface area contributed by atoms with Gasteiger partial charge in [-0.15, -0.1) is 11.3 Å². The van der Waals surface area contributed by atoms with Gasteiger partial charge < -0.3 is 0 Å². The molecule has 1 N–H and O–H groups in total. The number of rotatable bonds is 4. The van der Waals surface area contributed by atoms with E-state index >= 15 is 0 Å². The molecule has 0 atom stereocenters. The maximum Gasteiger partial charge on any atom is 0.203 e. The SMILES string of the molecule is N#Cc1cc(F)c(C=NNc2nc(-c3ccccc3)cs2)cc1F. The molecule has 0 amide bonds. The first kappa shape index (κ1) is 15.8. The Balaban J connectivity index is 1.73. The third kappa shape index (κ3) is 3.45. The van der Waals surface area contributed by atoms with Crippen LogP contribution in [0.2, 0.25) is 0 Å². The molecular weight excluding hydrogens is 330 g/mol. The van der Waals surface area contributed by atoms with Crippen molar-refractivity contribution in [3.05, 3.63) is 70.6 Å². The zero-order chi connectivity index (χ0) is 16.9. The van der Waals surface area contributed by atoms with Crippen LogP contribution in [0, 0.1) is 23.0 Å². The van der Waals surface area contributed by atoms with Crippen molar-refractivity contribution in [3.8, 4) is 17.3 Å². The Bertz CT molecular complexity index is 930. The zero-order valence-corrected chi connectivity index (χ0v) is 13.0. The van der Waals surface area contributed by atoms with Crippen molar-refractivity contribution in [2.45, 2.75) is 0 Å². The quantitative estimate of drug-likeness (QED) is 0.565. The van der Waals surface area contributed by atoms with Crippen LogP contribution in [0.15, 0.2) is 52.9 Å². The molecule has 118 valence electrons. The lowest BCUT2D eigenvalue weighted by atomic mass is 10.1.